The van der Waals surface area contributed by atoms with Gasteiger partial charge in [0, 0.05) is 33.8 Å². The van der Waals surface area contributed by atoms with E-state index in [1.807, 2.05) is 6.92 Å². The molecular formula is C26H30O8. The van der Waals surface area contributed by atoms with Crippen molar-refractivity contribution in [2.75, 3.05) is 0 Å². The molecular weight excluding hydrogens is 440 g/mol. The summed E-state index contributed by atoms with van der Waals surface area (Å²) in [6.45, 7) is 7.07. The Balaban J connectivity index is 1.69. The number of Topliss-reactive ketones (excluding diaryl/α,β-unsaturated/α-hetero) is 2. The van der Waals surface area contributed by atoms with Crippen LogP contribution in [0.3, 0.4) is 0 Å². The number of aliphatic hydroxyl groups is 1. The van der Waals surface area contributed by atoms with Crippen LogP contribution in [0.5, 0.6) is 0 Å². The third-order valence-electron chi connectivity index (χ3n) is 9.54. The van der Waals surface area contributed by atoms with Gasteiger partial charge in [0.25, 0.3) is 0 Å². The zero-order chi connectivity index (χ0) is 24.8. The summed E-state index contributed by atoms with van der Waals surface area (Å²) in [5, 5.41) is 22.0. The van der Waals surface area contributed by atoms with Crippen LogP contribution in [0.1, 0.15) is 65.0 Å². The molecule has 3 saturated carbocycles. The summed E-state index contributed by atoms with van der Waals surface area (Å²) in [5.74, 6) is -4.79. The van der Waals surface area contributed by atoms with E-state index >= 15 is 0 Å². The maximum atomic E-state index is 13.7. The third-order valence-corrected chi connectivity index (χ3v) is 9.54. The Hall–Kier alpha value is -2.74. The van der Waals surface area contributed by atoms with E-state index in [9.17, 15) is 29.4 Å². The number of aliphatic carboxylic acids is 1. The summed E-state index contributed by atoms with van der Waals surface area (Å²) in [4.78, 5) is 51.8. The maximum absolute atomic E-state index is 13.7. The third kappa shape index (κ3) is 2.69. The Morgan fingerprint density at radius 2 is 1.85 bits per heavy atom. The van der Waals surface area contributed by atoms with Crippen LogP contribution in [0, 0.1) is 34.0 Å². The minimum atomic E-state index is -1.62. The molecule has 1 aliphatic heterocycles. The molecule has 2 heterocycles. The molecule has 2 bridgehead atoms. The maximum Gasteiger partial charge on any atom is 0.331 e. The molecule has 2 N–H and O–H groups in total. The molecule has 1 unspecified atom stereocenters. The summed E-state index contributed by atoms with van der Waals surface area (Å²) in [6.07, 6.45) is 4.11. The molecule has 0 saturated heterocycles. The highest BCUT2D eigenvalue weighted by Crippen LogP contribution is 2.69. The van der Waals surface area contributed by atoms with Crippen molar-refractivity contribution in [3.8, 4) is 0 Å². The molecule has 1 aromatic heterocycles. The summed E-state index contributed by atoms with van der Waals surface area (Å²) < 4.78 is 10.9. The van der Waals surface area contributed by atoms with E-state index in [4.69, 9.17) is 9.15 Å². The number of rotatable bonds is 3. The van der Waals surface area contributed by atoms with E-state index in [0.29, 0.717) is 24.0 Å². The predicted octanol–water partition coefficient (Wildman–Crippen LogP) is 3.25. The van der Waals surface area contributed by atoms with Crippen molar-refractivity contribution >= 4 is 23.5 Å². The summed E-state index contributed by atoms with van der Waals surface area (Å²) in [5.41, 5.74) is -3.53. The average Bonchev–Trinajstić information content (AvgIpc) is 3.28. The number of carbonyl (C=O) groups is 4. The van der Waals surface area contributed by atoms with Gasteiger partial charge < -0.3 is 19.4 Å². The zero-order valence-electron chi connectivity index (χ0n) is 19.8. The predicted molar refractivity (Wildman–Crippen MR) is 117 cm³/mol. The lowest BCUT2D eigenvalue weighted by atomic mass is 9.37. The molecule has 7 atom stereocenters. The van der Waals surface area contributed by atoms with Gasteiger partial charge in [-0.05, 0) is 36.8 Å². The van der Waals surface area contributed by atoms with Crippen LogP contribution in [-0.4, -0.2) is 39.3 Å². The number of ketones is 2. The highest BCUT2D eigenvalue weighted by Gasteiger charge is 2.73. The molecule has 8 nitrogen and oxygen atoms in total. The number of furan rings is 1. The van der Waals surface area contributed by atoms with Crippen LogP contribution in [0.2, 0.25) is 0 Å². The second-order valence-corrected chi connectivity index (χ2v) is 11.5. The molecule has 0 radical (unpaired) electrons. The standard InChI is InChI=1S/C26H30O8/c1-23(2)16(9-18(27)28)25(4)15-5-7-24(3)17(26(15,32)11-14(20(23)30)21(25)31)10-19(29)34-22(24)13-6-8-33-12-13/h6,8,10,12,14-16,22,32H,5,7,9,11H2,1-4H3,(H,27,28)/t14-,15?,16+,22+,24+,25+,26-/m1/s1. The van der Waals surface area contributed by atoms with Gasteiger partial charge in [-0.15, -0.1) is 0 Å². The summed E-state index contributed by atoms with van der Waals surface area (Å²) in [6, 6.07) is 1.72. The smallest absolute Gasteiger partial charge is 0.331 e. The Bertz CT molecular complexity index is 1130. The molecule has 3 aliphatic carbocycles. The minimum absolute atomic E-state index is 0.110. The minimum Gasteiger partial charge on any atom is -0.481 e. The first-order valence-electron chi connectivity index (χ1n) is 11.8. The SMILES string of the molecule is CC1(C)C(=O)[C@H]2C[C@]3(O)C4=CC(=O)O[C@@H](c5ccoc5)[C@@]4(C)CCC3[C@](C)(C2=O)[C@H]1CC(=O)O. The largest absolute Gasteiger partial charge is 0.481 e. The Kier molecular flexibility index (Phi) is 4.67. The molecule has 0 amide bonds. The molecule has 3 fully saturated rings. The lowest BCUT2D eigenvalue weighted by Crippen LogP contribution is -2.72. The van der Waals surface area contributed by atoms with Gasteiger partial charge in [-0.2, -0.15) is 0 Å². The van der Waals surface area contributed by atoms with E-state index < -0.39 is 57.6 Å². The molecule has 0 spiro atoms. The van der Waals surface area contributed by atoms with E-state index in [0.717, 1.165) is 0 Å². The topological polar surface area (TPSA) is 131 Å². The number of carbonyl (C=O) groups excluding carboxylic acids is 3. The van der Waals surface area contributed by atoms with Crippen molar-refractivity contribution < 1.29 is 38.5 Å². The Morgan fingerprint density at radius 3 is 2.47 bits per heavy atom. The number of fused-ring (bicyclic) bond motifs is 6. The van der Waals surface area contributed by atoms with Gasteiger partial charge in [0.2, 0.25) is 0 Å². The first kappa shape index (κ1) is 23.0. The van der Waals surface area contributed by atoms with Crippen molar-refractivity contribution in [1.29, 1.82) is 0 Å². The number of ether oxygens (including phenoxy) is 1. The second-order valence-electron chi connectivity index (χ2n) is 11.5. The number of cyclic esters (lactones) is 1. The van der Waals surface area contributed by atoms with Crippen LogP contribution in [0.4, 0.5) is 0 Å². The first-order chi connectivity index (χ1) is 15.8. The Labute approximate surface area is 197 Å². The van der Waals surface area contributed by atoms with Crippen LogP contribution >= 0.6 is 0 Å². The van der Waals surface area contributed by atoms with Crippen LogP contribution < -0.4 is 0 Å². The molecule has 5 rings (SSSR count). The highest BCUT2D eigenvalue weighted by molar-refractivity contribution is 6.11. The van der Waals surface area contributed by atoms with E-state index in [-0.39, 0.29) is 24.4 Å². The molecule has 1 aromatic rings. The van der Waals surface area contributed by atoms with Crippen LogP contribution in [0.25, 0.3) is 0 Å². The van der Waals surface area contributed by atoms with Gasteiger partial charge in [0.1, 0.15) is 17.7 Å². The van der Waals surface area contributed by atoms with E-state index in [1.165, 1.54) is 18.6 Å². The molecule has 4 aliphatic rings. The summed E-state index contributed by atoms with van der Waals surface area (Å²) >= 11 is 0. The number of hydrogen-bond donors (Lipinski definition) is 2. The quantitative estimate of drug-likeness (QED) is 0.508. The number of esters is 1. The van der Waals surface area contributed by atoms with Crippen LogP contribution in [0.15, 0.2) is 34.7 Å². The van der Waals surface area contributed by atoms with Crippen molar-refractivity contribution in [3.63, 3.8) is 0 Å². The van der Waals surface area contributed by atoms with Crippen molar-refractivity contribution in [3.05, 3.63) is 35.8 Å². The lowest BCUT2D eigenvalue weighted by molar-refractivity contribution is -0.206. The van der Waals surface area contributed by atoms with Gasteiger partial charge in [-0.1, -0.05) is 27.7 Å². The van der Waals surface area contributed by atoms with Crippen molar-refractivity contribution in [2.45, 2.75) is 65.1 Å². The molecule has 34 heavy (non-hydrogen) atoms. The number of carboxylic acid groups (broad SMARTS) is 1. The van der Waals surface area contributed by atoms with Gasteiger partial charge in [-0.3, -0.25) is 14.4 Å². The molecule has 182 valence electrons. The fourth-order valence-corrected chi connectivity index (χ4v) is 7.96. The van der Waals surface area contributed by atoms with Gasteiger partial charge in [-0.25, -0.2) is 4.79 Å². The average molecular weight is 471 g/mol. The van der Waals surface area contributed by atoms with Gasteiger partial charge in [0.15, 0.2) is 0 Å². The van der Waals surface area contributed by atoms with E-state index in [2.05, 4.69) is 0 Å². The normalized spacial score (nSPS) is 42.9. The highest BCUT2D eigenvalue weighted by atomic mass is 16.5. The Morgan fingerprint density at radius 1 is 1.15 bits per heavy atom. The van der Waals surface area contributed by atoms with Gasteiger partial charge >= 0.3 is 11.9 Å². The van der Waals surface area contributed by atoms with E-state index in [1.54, 1.807) is 26.8 Å². The second kappa shape index (κ2) is 6.90. The lowest BCUT2D eigenvalue weighted by Gasteiger charge is -2.66. The van der Waals surface area contributed by atoms with Crippen LogP contribution in [-0.2, 0) is 23.9 Å². The molecule has 0 aromatic carbocycles. The number of hydrogen-bond acceptors (Lipinski definition) is 7. The number of carboxylic acids is 1. The fourth-order valence-electron chi connectivity index (χ4n) is 7.96. The first-order valence-corrected chi connectivity index (χ1v) is 11.8. The summed E-state index contributed by atoms with van der Waals surface area (Å²) in [7, 11) is 0. The van der Waals surface area contributed by atoms with Gasteiger partial charge in [0.05, 0.1) is 30.5 Å². The fraction of sp³-hybridized carbons (Fsp3) is 0.615. The zero-order valence-corrected chi connectivity index (χ0v) is 19.8. The monoisotopic (exact) mass is 470 g/mol. The van der Waals surface area contributed by atoms with Crippen molar-refractivity contribution in [1.82, 2.24) is 0 Å². The molecule has 8 heteroatoms. The van der Waals surface area contributed by atoms with Crippen molar-refractivity contribution in [2.24, 2.45) is 34.0 Å².